The van der Waals surface area contributed by atoms with Gasteiger partial charge in [-0.15, -0.1) is 0 Å². The van der Waals surface area contributed by atoms with Gasteiger partial charge in [0, 0.05) is 49.4 Å². The molecule has 42 heavy (non-hydrogen) atoms. The molecule has 0 radical (unpaired) electrons. The second-order valence-electron chi connectivity index (χ2n) is 12.1. The SMILES string of the molecule is CCCc1cc(-c2ccccc2F)c(OCCCOC)cc1C(=O)N(C(C)C)[C@@H](CNC(=O)OC(C)(C)C)[C@@H](C)CC. The first kappa shape index (κ1) is 35.1. The molecule has 1 N–H and O–H groups in total. The molecule has 2 aromatic rings. The molecule has 8 heteroatoms. The maximum atomic E-state index is 15.0. The number of rotatable bonds is 15. The molecular weight excluding hydrogens is 535 g/mol. The lowest BCUT2D eigenvalue weighted by Gasteiger charge is -2.39. The molecular formula is C34H51FN2O5. The number of carbonyl (C=O) groups is 2. The molecule has 0 aromatic heterocycles. The molecule has 2 amide bonds. The van der Waals surface area contributed by atoms with Gasteiger partial charge in [0.05, 0.1) is 12.6 Å². The van der Waals surface area contributed by atoms with Gasteiger partial charge in [-0.25, -0.2) is 9.18 Å². The standard InChI is InChI=1S/C34H51FN2O5/c1-10-15-25-20-28(26-16-12-13-17-29(26)35)31(41-19-14-18-40-9)21-27(25)32(38)37(23(3)4)30(24(5)11-2)22-36-33(39)42-34(6,7)8/h12-13,16-17,20-21,23-24,30H,10-11,14-15,18-19,22H2,1-9H3,(H,36,39)/t24-,30-/m0/s1. The predicted molar refractivity (Wildman–Crippen MR) is 167 cm³/mol. The van der Waals surface area contributed by atoms with Gasteiger partial charge in [-0.3, -0.25) is 4.79 Å². The smallest absolute Gasteiger partial charge is 0.407 e. The van der Waals surface area contributed by atoms with Gasteiger partial charge in [0.1, 0.15) is 17.2 Å². The zero-order valence-corrected chi connectivity index (χ0v) is 27.0. The highest BCUT2D eigenvalue weighted by Crippen LogP contribution is 2.36. The number of amides is 2. The van der Waals surface area contributed by atoms with Crippen LogP contribution >= 0.6 is 0 Å². The second kappa shape index (κ2) is 16.5. The van der Waals surface area contributed by atoms with Gasteiger partial charge in [-0.1, -0.05) is 51.8 Å². The fraction of sp³-hybridized carbons (Fsp3) is 0.588. The summed E-state index contributed by atoms with van der Waals surface area (Å²) in [4.78, 5) is 28.9. The Bertz CT molecular complexity index is 1160. The zero-order chi connectivity index (χ0) is 31.4. The summed E-state index contributed by atoms with van der Waals surface area (Å²) in [7, 11) is 1.63. The van der Waals surface area contributed by atoms with Crippen molar-refractivity contribution in [2.24, 2.45) is 5.92 Å². The molecule has 2 atom stereocenters. The van der Waals surface area contributed by atoms with Gasteiger partial charge in [-0.05, 0) is 70.7 Å². The second-order valence-corrected chi connectivity index (χ2v) is 12.1. The van der Waals surface area contributed by atoms with Crippen molar-refractivity contribution in [3.8, 4) is 16.9 Å². The van der Waals surface area contributed by atoms with Gasteiger partial charge < -0.3 is 24.4 Å². The topological polar surface area (TPSA) is 77.1 Å². The van der Waals surface area contributed by atoms with Crippen LogP contribution in [0, 0.1) is 11.7 Å². The van der Waals surface area contributed by atoms with Crippen LogP contribution in [-0.2, 0) is 15.9 Å². The Balaban J connectivity index is 2.61. The number of hydrogen-bond acceptors (Lipinski definition) is 5. The third kappa shape index (κ3) is 10.0. The van der Waals surface area contributed by atoms with E-state index in [0.717, 1.165) is 18.4 Å². The molecule has 0 unspecified atom stereocenters. The quantitative estimate of drug-likeness (QED) is 0.217. The molecule has 0 fully saturated rings. The van der Waals surface area contributed by atoms with Crippen LogP contribution in [0.2, 0.25) is 0 Å². The van der Waals surface area contributed by atoms with Crippen LogP contribution in [0.1, 0.15) is 90.6 Å². The summed E-state index contributed by atoms with van der Waals surface area (Å²) in [5, 5.41) is 2.89. The Kier molecular flexibility index (Phi) is 13.8. The number of halogens is 1. The molecule has 2 rings (SSSR count). The highest BCUT2D eigenvalue weighted by molar-refractivity contribution is 5.98. The normalized spacial score (nSPS) is 13.0. The lowest BCUT2D eigenvalue weighted by Crippen LogP contribution is -2.53. The molecule has 0 aliphatic heterocycles. The number of carbonyl (C=O) groups excluding carboxylic acids is 2. The van der Waals surface area contributed by atoms with Crippen molar-refractivity contribution in [3.05, 3.63) is 53.3 Å². The number of hydrogen-bond donors (Lipinski definition) is 1. The number of ether oxygens (including phenoxy) is 3. The van der Waals surface area contributed by atoms with E-state index in [1.54, 1.807) is 31.4 Å². The van der Waals surface area contributed by atoms with Crippen LogP contribution in [-0.4, -0.2) is 61.5 Å². The van der Waals surface area contributed by atoms with E-state index in [1.165, 1.54) is 6.07 Å². The van der Waals surface area contributed by atoms with E-state index in [-0.39, 0.29) is 36.3 Å². The van der Waals surface area contributed by atoms with E-state index in [1.807, 2.05) is 45.6 Å². The average molecular weight is 587 g/mol. The van der Waals surface area contributed by atoms with Gasteiger partial charge in [0.25, 0.3) is 5.91 Å². The first-order valence-corrected chi connectivity index (χ1v) is 15.2. The van der Waals surface area contributed by atoms with Gasteiger partial charge >= 0.3 is 6.09 Å². The summed E-state index contributed by atoms with van der Waals surface area (Å²) < 4.78 is 31.8. The molecule has 0 saturated carbocycles. The molecule has 0 heterocycles. The molecule has 7 nitrogen and oxygen atoms in total. The fourth-order valence-corrected chi connectivity index (χ4v) is 4.95. The van der Waals surface area contributed by atoms with Crippen molar-refractivity contribution in [1.29, 1.82) is 0 Å². The monoisotopic (exact) mass is 586 g/mol. The number of alkyl carbamates (subject to hydrolysis) is 1. The van der Waals surface area contributed by atoms with E-state index >= 15 is 4.39 Å². The summed E-state index contributed by atoms with van der Waals surface area (Å²) >= 11 is 0. The Labute approximate surface area is 252 Å². The van der Waals surface area contributed by atoms with E-state index in [4.69, 9.17) is 14.2 Å². The third-order valence-corrected chi connectivity index (χ3v) is 7.17. The van der Waals surface area contributed by atoms with E-state index in [9.17, 15) is 9.59 Å². The molecule has 0 bridgehead atoms. The van der Waals surface area contributed by atoms with Crippen LogP contribution in [0.4, 0.5) is 9.18 Å². The Morgan fingerprint density at radius 3 is 2.29 bits per heavy atom. The van der Waals surface area contributed by atoms with Gasteiger partial charge in [0.2, 0.25) is 0 Å². The van der Waals surface area contributed by atoms with E-state index < -0.39 is 11.7 Å². The molecule has 0 spiro atoms. The first-order valence-electron chi connectivity index (χ1n) is 15.2. The van der Waals surface area contributed by atoms with Gasteiger partial charge in [-0.2, -0.15) is 0 Å². The van der Waals surface area contributed by atoms with Crippen LogP contribution in [0.15, 0.2) is 36.4 Å². The summed E-state index contributed by atoms with van der Waals surface area (Å²) in [5.41, 5.74) is 1.77. The maximum absolute atomic E-state index is 15.0. The number of aryl methyl sites for hydroxylation is 1. The summed E-state index contributed by atoms with van der Waals surface area (Å²) in [5.74, 6) is 0.0552. The van der Waals surface area contributed by atoms with Gasteiger partial charge in [0.15, 0.2) is 0 Å². The van der Waals surface area contributed by atoms with Crippen LogP contribution in [0.25, 0.3) is 11.1 Å². The van der Waals surface area contributed by atoms with Crippen molar-refractivity contribution >= 4 is 12.0 Å². The Morgan fingerprint density at radius 1 is 1.02 bits per heavy atom. The van der Waals surface area contributed by atoms with Crippen LogP contribution in [0.3, 0.4) is 0 Å². The Morgan fingerprint density at radius 2 is 1.71 bits per heavy atom. The maximum Gasteiger partial charge on any atom is 0.407 e. The highest BCUT2D eigenvalue weighted by atomic mass is 19.1. The Hall–Kier alpha value is -3.13. The lowest BCUT2D eigenvalue weighted by molar-refractivity contribution is 0.0416. The molecule has 0 saturated heterocycles. The fourth-order valence-electron chi connectivity index (χ4n) is 4.95. The minimum atomic E-state index is -0.627. The average Bonchev–Trinajstić information content (AvgIpc) is 2.92. The third-order valence-electron chi connectivity index (χ3n) is 7.17. The van der Waals surface area contributed by atoms with E-state index in [0.29, 0.717) is 48.5 Å². The van der Waals surface area contributed by atoms with Crippen molar-refractivity contribution < 1.29 is 28.2 Å². The summed E-state index contributed by atoms with van der Waals surface area (Å²) in [6.45, 7) is 16.8. The molecule has 2 aromatic carbocycles. The number of nitrogens with one attached hydrogen (secondary N) is 1. The van der Waals surface area contributed by atoms with Crippen molar-refractivity contribution in [2.75, 3.05) is 26.9 Å². The van der Waals surface area contributed by atoms with Crippen molar-refractivity contribution in [3.63, 3.8) is 0 Å². The summed E-state index contributed by atoms with van der Waals surface area (Å²) in [6.07, 6.45) is 2.40. The number of nitrogens with zero attached hydrogens (tertiary/aromatic N) is 1. The summed E-state index contributed by atoms with van der Waals surface area (Å²) in [6, 6.07) is 9.85. The highest BCUT2D eigenvalue weighted by Gasteiger charge is 2.33. The molecule has 234 valence electrons. The number of benzene rings is 2. The molecule has 0 aliphatic carbocycles. The lowest BCUT2D eigenvalue weighted by atomic mass is 9.92. The minimum absolute atomic E-state index is 0.100. The van der Waals surface area contributed by atoms with Crippen molar-refractivity contribution in [2.45, 2.75) is 98.8 Å². The van der Waals surface area contributed by atoms with E-state index in [2.05, 4.69) is 26.1 Å². The van der Waals surface area contributed by atoms with Crippen LogP contribution in [0.5, 0.6) is 5.75 Å². The first-order chi connectivity index (χ1) is 19.8. The predicted octanol–water partition coefficient (Wildman–Crippen LogP) is 7.65. The number of methoxy groups -OCH3 is 1. The van der Waals surface area contributed by atoms with Crippen molar-refractivity contribution in [1.82, 2.24) is 10.2 Å². The molecule has 0 aliphatic rings. The minimum Gasteiger partial charge on any atom is -0.493 e. The van der Waals surface area contributed by atoms with Crippen LogP contribution < -0.4 is 10.1 Å². The largest absolute Gasteiger partial charge is 0.493 e. The zero-order valence-electron chi connectivity index (χ0n) is 27.0.